The van der Waals surface area contributed by atoms with Gasteiger partial charge in [0, 0.05) is 10.0 Å². The lowest BCUT2D eigenvalue weighted by atomic mass is 10.1. The van der Waals surface area contributed by atoms with Gasteiger partial charge in [-0.05, 0) is 55.5 Å². The molecule has 6 nitrogen and oxygen atoms in total. The summed E-state index contributed by atoms with van der Waals surface area (Å²) in [5, 5.41) is 2.83. The molecule has 4 rings (SSSR count). The third-order valence-electron chi connectivity index (χ3n) is 4.24. The fraction of sp³-hybridized carbons (Fsp3) is 0.0952. The van der Waals surface area contributed by atoms with Crippen molar-refractivity contribution in [3.63, 3.8) is 0 Å². The summed E-state index contributed by atoms with van der Waals surface area (Å²) >= 11 is 3.32. The van der Waals surface area contributed by atoms with Crippen LogP contribution in [0.1, 0.15) is 11.3 Å². The van der Waals surface area contributed by atoms with Crippen LogP contribution in [0.5, 0.6) is 0 Å². The summed E-state index contributed by atoms with van der Waals surface area (Å²) in [6.07, 6.45) is 1.55. The van der Waals surface area contributed by atoms with Crippen LogP contribution in [0.2, 0.25) is 0 Å². The summed E-state index contributed by atoms with van der Waals surface area (Å²) in [4.78, 5) is 4.46. The number of halogens is 1. The fourth-order valence-corrected chi connectivity index (χ4v) is 4.35. The minimum atomic E-state index is -3.89. The Hall–Kier alpha value is -2.84. The zero-order valence-corrected chi connectivity index (χ0v) is 17.8. The van der Waals surface area contributed by atoms with E-state index in [1.807, 2.05) is 31.2 Å². The minimum Gasteiger partial charge on any atom is -0.467 e. The average molecular weight is 473 g/mol. The third kappa shape index (κ3) is 4.13. The van der Waals surface area contributed by atoms with Crippen molar-refractivity contribution >= 4 is 31.7 Å². The molecular formula is C21H17BrN2O4S. The molecule has 0 unspecified atom stereocenters. The van der Waals surface area contributed by atoms with E-state index in [4.69, 9.17) is 8.83 Å². The smallest absolute Gasteiger partial charge is 0.234 e. The Bertz CT molecular complexity index is 1230. The molecule has 0 radical (unpaired) electrons. The van der Waals surface area contributed by atoms with E-state index in [1.54, 1.807) is 30.5 Å². The average Bonchev–Trinajstić information content (AvgIpc) is 3.37. The first-order valence-corrected chi connectivity index (χ1v) is 11.1. The monoisotopic (exact) mass is 472 g/mol. The summed E-state index contributed by atoms with van der Waals surface area (Å²) in [5.74, 6) is 0.942. The van der Waals surface area contributed by atoms with Gasteiger partial charge in [-0.2, -0.15) is 4.98 Å². The van der Waals surface area contributed by atoms with Crippen molar-refractivity contribution in [2.45, 2.75) is 23.4 Å². The van der Waals surface area contributed by atoms with Gasteiger partial charge in [0.15, 0.2) is 0 Å². The normalized spacial score (nSPS) is 11.5. The molecule has 0 aliphatic rings. The highest BCUT2D eigenvalue weighted by Gasteiger charge is 2.28. The number of nitrogens with zero attached hydrogens (tertiary/aromatic N) is 1. The van der Waals surface area contributed by atoms with E-state index in [9.17, 15) is 8.42 Å². The van der Waals surface area contributed by atoms with Crippen LogP contribution in [0.25, 0.3) is 11.5 Å². The second kappa shape index (κ2) is 7.88. The predicted molar refractivity (Wildman–Crippen MR) is 112 cm³/mol. The lowest BCUT2D eigenvalue weighted by Crippen LogP contribution is -2.07. The predicted octanol–water partition coefficient (Wildman–Crippen LogP) is 5.45. The maximum atomic E-state index is 13.2. The van der Waals surface area contributed by atoms with E-state index in [2.05, 4.69) is 26.2 Å². The molecule has 0 aliphatic carbocycles. The van der Waals surface area contributed by atoms with E-state index in [0.717, 1.165) is 10.0 Å². The Kier molecular flexibility index (Phi) is 5.29. The maximum absolute atomic E-state index is 13.2. The van der Waals surface area contributed by atoms with E-state index < -0.39 is 9.84 Å². The molecule has 148 valence electrons. The summed E-state index contributed by atoms with van der Waals surface area (Å²) in [6.45, 7) is 2.21. The van der Waals surface area contributed by atoms with E-state index in [1.165, 1.54) is 12.1 Å². The Labute approximate surface area is 176 Å². The molecule has 0 fully saturated rings. The topological polar surface area (TPSA) is 85.3 Å². The number of anilines is 1. The van der Waals surface area contributed by atoms with Gasteiger partial charge in [-0.3, -0.25) is 0 Å². The van der Waals surface area contributed by atoms with Crippen LogP contribution in [-0.2, 0) is 16.4 Å². The molecule has 2 heterocycles. The Morgan fingerprint density at radius 1 is 1.07 bits per heavy atom. The number of oxazole rings is 1. The molecule has 0 amide bonds. The zero-order valence-electron chi connectivity index (χ0n) is 15.4. The van der Waals surface area contributed by atoms with Crippen LogP contribution in [0.4, 0.5) is 5.88 Å². The van der Waals surface area contributed by atoms with Gasteiger partial charge in [0.2, 0.25) is 26.6 Å². The highest BCUT2D eigenvalue weighted by Crippen LogP contribution is 2.33. The molecule has 0 bridgehead atoms. The number of hydrogen-bond donors (Lipinski definition) is 1. The number of furan rings is 1. The first-order chi connectivity index (χ1) is 13.9. The van der Waals surface area contributed by atoms with Gasteiger partial charge in [-0.15, -0.1) is 0 Å². The molecule has 29 heavy (non-hydrogen) atoms. The quantitative estimate of drug-likeness (QED) is 0.401. The Balaban J connectivity index is 1.78. The van der Waals surface area contributed by atoms with Crippen LogP contribution < -0.4 is 5.32 Å². The molecule has 0 saturated heterocycles. The van der Waals surface area contributed by atoms with Gasteiger partial charge in [-0.1, -0.05) is 33.6 Å². The molecule has 0 saturated carbocycles. The largest absolute Gasteiger partial charge is 0.467 e. The van der Waals surface area contributed by atoms with Crippen LogP contribution in [-0.4, -0.2) is 13.4 Å². The maximum Gasteiger partial charge on any atom is 0.234 e. The number of aryl methyl sites for hydroxylation is 1. The highest BCUT2D eigenvalue weighted by atomic mass is 79.9. The summed E-state index contributed by atoms with van der Waals surface area (Å²) in [5.41, 5.74) is 1.71. The minimum absolute atomic E-state index is 0.0702. The Morgan fingerprint density at radius 2 is 1.86 bits per heavy atom. The van der Waals surface area contributed by atoms with Crippen molar-refractivity contribution in [3.8, 4) is 11.5 Å². The van der Waals surface area contributed by atoms with Crippen LogP contribution >= 0.6 is 15.9 Å². The lowest BCUT2D eigenvalue weighted by Gasteiger charge is -2.05. The van der Waals surface area contributed by atoms with Gasteiger partial charge < -0.3 is 14.2 Å². The molecular weight excluding hydrogens is 456 g/mol. The molecule has 1 N–H and O–H groups in total. The molecule has 0 spiro atoms. The van der Waals surface area contributed by atoms with Gasteiger partial charge in [0.25, 0.3) is 0 Å². The SMILES string of the molecule is Cc1cccc(-c2nc(S(=O)(=O)c3ccc(Br)cc3)c(NCc3ccco3)o2)c1. The van der Waals surface area contributed by atoms with E-state index >= 15 is 0 Å². The number of benzene rings is 2. The van der Waals surface area contributed by atoms with Crippen molar-refractivity contribution < 1.29 is 17.3 Å². The van der Waals surface area contributed by atoms with Gasteiger partial charge >= 0.3 is 0 Å². The number of nitrogens with one attached hydrogen (secondary N) is 1. The van der Waals surface area contributed by atoms with Gasteiger partial charge in [0.1, 0.15) is 5.76 Å². The highest BCUT2D eigenvalue weighted by molar-refractivity contribution is 9.10. The van der Waals surface area contributed by atoms with Crippen LogP contribution in [0.15, 0.2) is 90.2 Å². The van der Waals surface area contributed by atoms with Gasteiger partial charge in [0.05, 0.1) is 17.7 Å². The zero-order chi connectivity index (χ0) is 20.4. The van der Waals surface area contributed by atoms with Crippen molar-refractivity contribution in [1.29, 1.82) is 0 Å². The number of rotatable bonds is 6. The first kappa shape index (κ1) is 19.5. The number of hydrogen-bond acceptors (Lipinski definition) is 6. The molecule has 8 heteroatoms. The Morgan fingerprint density at radius 3 is 2.55 bits per heavy atom. The molecule has 2 aromatic heterocycles. The van der Waals surface area contributed by atoms with Crippen molar-refractivity contribution in [2.24, 2.45) is 0 Å². The molecule has 0 atom stereocenters. The van der Waals surface area contributed by atoms with Crippen LogP contribution in [0.3, 0.4) is 0 Å². The standard InChI is InChI=1S/C21H17BrN2O4S/c1-14-4-2-5-15(12-14)19-24-21(20(28-19)23-13-17-6-3-11-27-17)29(25,26)18-9-7-16(22)8-10-18/h2-12,23H,13H2,1H3. The van der Waals surface area contributed by atoms with E-state index in [-0.39, 0.29) is 28.2 Å². The lowest BCUT2D eigenvalue weighted by molar-refractivity contribution is 0.511. The summed E-state index contributed by atoms with van der Waals surface area (Å²) in [7, 11) is -3.89. The fourth-order valence-electron chi connectivity index (χ4n) is 2.81. The van der Waals surface area contributed by atoms with Crippen molar-refractivity contribution in [1.82, 2.24) is 4.98 Å². The third-order valence-corrected chi connectivity index (χ3v) is 6.45. The van der Waals surface area contributed by atoms with Crippen molar-refractivity contribution in [2.75, 3.05) is 5.32 Å². The second-order valence-electron chi connectivity index (χ2n) is 6.41. The van der Waals surface area contributed by atoms with E-state index in [0.29, 0.717) is 11.3 Å². The van der Waals surface area contributed by atoms with Gasteiger partial charge in [-0.25, -0.2) is 8.42 Å². The van der Waals surface area contributed by atoms with Crippen molar-refractivity contribution in [3.05, 3.63) is 82.7 Å². The first-order valence-electron chi connectivity index (χ1n) is 8.78. The number of aromatic nitrogens is 1. The van der Waals surface area contributed by atoms with Crippen LogP contribution in [0, 0.1) is 6.92 Å². The molecule has 0 aliphatic heterocycles. The summed E-state index contributed by atoms with van der Waals surface area (Å²) < 4.78 is 38.4. The summed E-state index contributed by atoms with van der Waals surface area (Å²) in [6, 6.07) is 17.5. The molecule has 2 aromatic carbocycles. The molecule has 4 aromatic rings. The number of sulfone groups is 1. The second-order valence-corrected chi connectivity index (χ2v) is 9.19.